The first-order valence-corrected chi connectivity index (χ1v) is 12.6. The first kappa shape index (κ1) is 22.5. The number of hydrogen-bond donors (Lipinski definition) is 0. The zero-order valence-electron chi connectivity index (χ0n) is 20.3. The first-order chi connectivity index (χ1) is 16.0. The summed E-state index contributed by atoms with van der Waals surface area (Å²) in [5.74, 6) is 1.74. The molecule has 0 saturated carbocycles. The van der Waals surface area contributed by atoms with Crippen molar-refractivity contribution < 1.29 is 4.79 Å². The average molecular weight is 448 g/mol. The predicted molar refractivity (Wildman–Crippen MR) is 132 cm³/mol. The van der Waals surface area contributed by atoms with Crippen LogP contribution in [0.3, 0.4) is 0 Å². The van der Waals surface area contributed by atoms with Crippen LogP contribution in [0.2, 0.25) is 0 Å². The maximum Gasteiger partial charge on any atom is 0.225 e. The highest BCUT2D eigenvalue weighted by molar-refractivity contribution is 5.97. The van der Waals surface area contributed by atoms with Gasteiger partial charge in [0.1, 0.15) is 0 Å². The summed E-state index contributed by atoms with van der Waals surface area (Å²) in [6.07, 6.45) is 8.99. The molecule has 2 atom stereocenters. The summed E-state index contributed by atoms with van der Waals surface area (Å²) in [5, 5.41) is 0. The van der Waals surface area contributed by atoms with E-state index in [0.717, 1.165) is 57.1 Å². The highest BCUT2D eigenvalue weighted by Crippen LogP contribution is 2.33. The largest absolute Gasteiger partial charge is 0.332 e. The number of likely N-dealkylation sites (N-methyl/N-ethyl adjacent to an activating group) is 1. The van der Waals surface area contributed by atoms with Crippen molar-refractivity contribution >= 4 is 11.7 Å². The maximum atomic E-state index is 12.2. The summed E-state index contributed by atoms with van der Waals surface area (Å²) in [5.41, 5.74) is 3.39. The van der Waals surface area contributed by atoms with E-state index in [4.69, 9.17) is 9.97 Å². The molecule has 0 aliphatic carbocycles. The fourth-order valence-electron chi connectivity index (χ4n) is 5.91. The number of carbonyl (C=O) groups excluding carboxylic acids is 1. The summed E-state index contributed by atoms with van der Waals surface area (Å²) >= 11 is 0. The molecule has 2 bridgehead atoms. The molecule has 5 rings (SSSR count). The Morgan fingerprint density at radius 1 is 0.970 bits per heavy atom. The second kappa shape index (κ2) is 9.51. The van der Waals surface area contributed by atoms with Gasteiger partial charge in [-0.2, -0.15) is 0 Å². The van der Waals surface area contributed by atoms with Crippen LogP contribution in [0.4, 0.5) is 5.95 Å². The zero-order chi connectivity index (χ0) is 22.9. The van der Waals surface area contributed by atoms with Gasteiger partial charge in [0.15, 0.2) is 5.78 Å². The maximum absolute atomic E-state index is 12.2. The molecular formula is C27H37N5O. The van der Waals surface area contributed by atoms with Crippen molar-refractivity contribution in [1.82, 2.24) is 19.8 Å². The van der Waals surface area contributed by atoms with Gasteiger partial charge in [0.05, 0.1) is 0 Å². The van der Waals surface area contributed by atoms with Crippen LogP contribution in [-0.4, -0.2) is 70.9 Å². The lowest BCUT2D eigenvalue weighted by molar-refractivity contribution is 0.0939. The minimum absolute atomic E-state index is 0.0459. The zero-order valence-corrected chi connectivity index (χ0v) is 20.3. The monoisotopic (exact) mass is 447 g/mol. The highest BCUT2D eigenvalue weighted by atomic mass is 16.1. The molecule has 33 heavy (non-hydrogen) atoms. The van der Waals surface area contributed by atoms with Crippen molar-refractivity contribution in [3.8, 4) is 0 Å². The number of piperazine rings is 1. The molecule has 2 aromatic rings. The molecule has 176 valence electrons. The van der Waals surface area contributed by atoms with Gasteiger partial charge in [-0.3, -0.25) is 9.69 Å². The van der Waals surface area contributed by atoms with E-state index in [1.807, 2.05) is 26.0 Å². The molecule has 2 unspecified atom stereocenters. The Morgan fingerprint density at radius 3 is 2.15 bits per heavy atom. The quantitative estimate of drug-likeness (QED) is 0.625. The van der Waals surface area contributed by atoms with Gasteiger partial charge < -0.3 is 9.80 Å². The van der Waals surface area contributed by atoms with Gasteiger partial charge in [0.2, 0.25) is 5.95 Å². The van der Waals surface area contributed by atoms with E-state index in [9.17, 15) is 4.79 Å². The molecule has 3 fully saturated rings. The van der Waals surface area contributed by atoms with Crippen LogP contribution in [0.25, 0.3) is 0 Å². The van der Waals surface area contributed by atoms with E-state index in [2.05, 4.69) is 46.3 Å². The minimum atomic E-state index is 0.0459. The van der Waals surface area contributed by atoms with Crippen molar-refractivity contribution in [2.45, 2.75) is 64.1 Å². The van der Waals surface area contributed by atoms with Gasteiger partial charge >= 0.3 is 0 Å². The number of nitrogens with zero attached hydrogens (tertiary/aromatic N) is 5. The summed E-state index contributed by atoms with van der Waals surface area (Å²) in [6.45, 7) is 9.27. The fraction of sp³-hybridized carbons (Fsp3) is 0.593. The lowest BCUT2D eigenvalue weighted by atomic mass is 9.91. The lowest BCUT2D eigenvalue weighted by Crippen LogP contribution is -2.53. The van der Waals surface area contributed by atoms with Crippen LogP contribution in [0.1, 0.15) is 66.9 Å². The summed E-state index contributed by atoms with van der Waals surface area (Å²) < 4.78 is 0. The van der Waals surface area contributed by atoms with Crippen molar-refractivity contribution in [1.29, 1.82) is 0 Å². The molecule has 0 N–H and O–H groups in total. The second-order valence-electron chi connectivity index (χ2n) is 10.6. The Kier molecular flexibility index (Phi) is 6.48. The number of benzene rings is 1. The Balaban J connectivity index is 1.14. The molecule has 4 heterocycles. The number of aromatic nitrogens is 2. The van der Waals surface area contributed by atoms with Gasteiger partial charge in [-0.15, -0.1) is 0 Å². The van der Waals surface area contributed by atoms with E-state index in [1.54, 1.807) is 0 Å². The van der Waals surface area contributed by atoms with Crippen LogP contribution >= 0.6 is 0 Å². The molecule has 0 spiro atoms. The van der Waals surface area contributed by atoms with Crippen molar-refractivity contribution in [3.63, 3.8) is 0 Å². The molecular weight excluding hydrogens is 410 g/mol. The highest BCUT2D eigenvalue weighted by Gasteiger charge is 2.40. The number of carbonyl (C=O) groups is 1. The van der Waals surface area contributed by atoms with Crippen LogP contribution in [-0.2, 0) is 6.54 Å². The lowest BCUT2D eigenvalue weighted by Gasteiger charge is -2.39. The van der Waals surface area contributed by atoms with E-state index in [-0.39, 0.29) is 11.7 Å². The molecule has 0 radical (unpaired) electrons. The molecule has 6 nitrogen and oxygen atoms in total. The number of hydrogen-bond acceptors (Lipinski definition) is 6. The minimum Gasteiger partial charge on any atom is -0.332 e. The summed E-state index contributed by atoms with van der Waals surface area (Å²) in [7, 11) is 2.22. The van der Waals surface area contributed by atoms with E-state index < -0.39 is 0 Å². The number of ketones is 1. The number of likely N-dealkylation sites (tertiary alicyclic amines) is 2. The number of anilines is 1. The van der Waals surface area contributed by atoms with Crippen LogP contribution in [0.15, 0.2) is 36.7 Å². The van der Waals surface area contributed by atoms with Crippen molar-refractivity contribution in [3.05, 3.63) is 53.3 Å². The van der Waals surface area contributed by atoms with Crippen LogP contribution in [0.5, 0.6) is 0 Å². The molecule has 6 heteroatoms. The predicted octanol–water partition coefficient (Wildman–Crippen LogP) is 3.98. The Labute approximate surface area is 198 Å². The van der Waals surface area contributed by atoms with Gasteiger partial charge in [0, 0.05) is 55.6 Å². The van der Waals surface area contributed by atoms with Crippen LogP contribution < -0.4 is 4.90 Å². The summed E-state index contributed by atoms with van der Waals surface area (Å²) in [4.78, 5) is 29.2. The molecule has 3 saturated heterocycles. The van der Waals surface area contributed by atoms with E-state index >= 15 is 0 Å². The van der Waals surface area contributed by atoms with Gasteiger partial charge in [-0.1, -0.05) is 38.1 Å². The topological polar surface area (TPSA) is 52.6 Å². The third-order valence-corrected chi connectivity index (χ3v) is 7.78. The molecule has 1 aromatic heterocycles. The number of rotatable bonds is 6. The average Bonchev–Trinajstić information content (AvgIpc) is 3.10. The number of fused-ring (bicyclic) bond motifs is 2. The van der Waals surface area contributed by atoms with E-state index in [1.165, 1.54) is 24.0 Å². The molecule has 3 aliphatic heterocycles. The standard InChI is InChI=1S/C27H37N5O/c1-19(2)26(33)22-6-4-20(5-7-22)16-31-12-10-21(11-13-31)23-14-28-27(29-15-23)32-24-8-9-25(32)18-30(3)17-24/h4-7,14-15,19,21,24-25H,8-13,16-18H2,1-3H3. The molecule has 3 aliphatic rings. The van der Waals surface area contributed by atoms with Gasteiger partial charge in [0.25, 0.3) is 0 Å². The smallest absolute Gasteiger partial charge is 0.225 e. The van der Waals surface area contributed by atoms with E-state index in [0.29, 0.717) is 18.0 Å². The second-order valence-corrected chi connectivity index (χ2v) is 10.6. The third kappa shape index (κ3) is 4.82. The fourth-order valence-corrected chi connectivity index (χ4v) is 5.91. The van der Waals surface area contributed by atoms with Crippen LogP contribution in [0, 0.1) is 5.92 Å². The first-order valence-electron chi connectivity index (χ1n) is 12.6. The molecule has 1 aromatic carbocycles. The Hall–Kier alpha value is -2.31. The normalized spacial score (nSPS) is 24.5. The van der Waals surface area contributed by atoms with Crippen molar-refractivity contribution in [2.75, 3.05) is 38.1 Å². The number of piperidine rings is 1. The van der Waals surface area contributed by atoms with Gasteiger partial charge in [-0.25, -0.2) is 9.97 Å². The Bertz CT molecular complexity index is 935. The van der Waals surface area contributed by atoms with Gasteiger partial charge in [-0.05, 0) is 62.9 Å². The Morgan fingerprint density at radius 2 is 1.58 bits per heavy atom. The summed E-state index contributed by atoms with van der Waals surface area (Å²) in [6, 6.07) is 9.33. The SMILES string of the molecule is CC(C)C(=O)c1ccc(CN2CCC(c3cnc(N4C5CCC4CN(C)C5)nc3)CC2)cc1. The third-order valence-electron chi connectivity index (χ3n) is 7.78. The van der Waals surface area contributed by atoms with Crippen molar-refractivity contribution in [2.24, 2.45) is 5.92 Å². The number of Topliss-reactive ketones (excluding diaryl/α,β-unsaturated/α-hetero) is 1. The molecule has 0 amide bonds.